The molecule has 1 aliphatic heterocycles. The number of rotatable bonds is 5. The molecule has 1 aliphatic rings. The van der Waals surface area contributed by atoms with E-state index in [2.05, 4.69) is 15.5 Å². The van der Waals surface area contributed by atoms with Crippen molar-refractivity contribution in [2.45, 2.75) is 26.7 Å². The van der Waals surface area contributed by atoms with Gasteiger partial charge in [-0.15, -0.1) is 0 Å². The van der Waals surface area contributed by atoms with Crippen LogP contribution in [0.15, 0.2) is 0 Å². The summed E-state index contributed by atoms with van der Waals surface area (Å²) in [5.41, 5.74) is 0. The number of nitrogens with zero attached hydrogens (tertiary/aromatic N) is 1. The van der Waals surface area contributed by atoms with Gasteiger partial charge in [0.15, 0.2) is 0 Å². The number of carbonyl (C=O) groups excluding carboxylic acids is 2. The minimum atomic E-state index is 0.0731. The van der Waals surface area contributed by atoms with Crippen LogP contribution in [0.5, 0.6) is 0 Å². The fraction of sp³-hybridized carbons (Fsp3) is 0.833. The van der Waals surface area contributed by atoms with Gasteiger partial charge in [0.2, 0.25) is 11.8 Å². The third kappa shape index (κ3) is 4.73. The van der Waals surface area contributed by atoms with Crippen LogP contribution in [0.1, 0.15) is 26.7 Å². The summed E-state index contributed by atoms with van der Waals surface area (Å²) in [7, 11) is 0. The largest absolute Gasteiger partial charge is 0.356 e. The Hall–Kier alpha value is -1.10. The number of carbonyl (C=O) groups is 2. The lowest BCUT2D eigenvalue weighted by molar-refractivity contribution is -0.126. The van der Waals surface area contributed by atoms with E-state index in [1.165, 1.54) is 0 Å². The molecule has 5 heteroatoms. The SMILES string of the molecule is CCNC(=O)CN1CCC(C(=O)NCC)CC1. The topological polar surface area (TPSA) is 61.4 Å². The highest BCUT2D eigenvalue weighted by Gasteiger charge is 2.25. The summed E-state index contributed by atoms with van der Waals surface area (Å²) in [6, 6.07) is 0. The van der Waals surface area contributed by atoms with Crippen molar-refractivity contribution in [1.29, 1.82) is 0 Å². The molecule has 0 unspecified atom stereocenters. The normalized spacial score (nSPS) is 17.8. The van der Waals surface area contributed by atoms with Gasteiger partial charge >= 0.3 is 0 Å². The fourth-order valence-electron chi connectivity index (χ4n) is 2.13. The van der Waals surface area contributed by atoms with E-state index in [0.29, 0.717) is 19.6 Å². The second-order valence-electron chi connectivity index (χ2n) is 4.40. The van der Waals surface area contributed by atoms with Gasteiger partial charge in [-0.05, 0) is 39.8 Å². The van der Waals surface area contributed by atoms with Gasteiger partial charge < -0.3 is 10.6 Å². The number of likely N-dealkylation sites (tertiary alicyclic amines) is 1. The lowest BCUT2D eigenvalue weighted by Crippen LogP contribution is -2.44. The average Bonchev–Trinajstić information content (AvgIpc) is 2.30. The molecule has 1 fully saturated rings. The minimum Gasteiger partial charge on any atom is -0.356 e. The maximum atomic E-state index is 11.6. The van der Waals surface area contributed by atoms with E-state index in [0.717, 1.165) is 25.9 Å². The van der Waals surface area contributed by atoms with Crippen LogP contribution in [0.25, 0.3) is 0 Å². The second kappa shape index (κ2) is 7.27. The van der Waals surface area contributed by atoms with Gasteiger partial charge in [-0.1, -0.05) is 0 Å². The Morgan fingerprint density at radius 1 is 1.12 bits per heavy atom. The third-order valence-electron chi connectivity index (χ3n) is 3.05. The van der Waals surface area contributed by atoms with Gasteiger partial charge in [-0.25, -0.2) is 0 Å². The lowest BCUT2D eigenvalue weighted by atomic mass is 9.96. The number of likely N-dealkylation sites (N-methyl/N-ethyl adjacent to an activating group) is 1. The molecule has 0 aromatic rings. The Bertz CT molecular complexity index is 260. The molecule has 1 heterocycles. The molecule has 0 bridgehead atoms. The summed E-state index contributed by atoms with van der Waals surface area (Å²) in [5, 5.41) is 5.64. The number of nitrogens with one attached hydrogen (secondary N) is 2. The number of hydrogen-bond donors (Lipinski definition) is 2. The number of amides is 2. The van der Waals surface area contributed by atoms with Crippen LogP contribution < -0.4 is 10.6 Å². The molecule has 98 valence electrons. The molecule has 1 saturated heterocycles. The van der Waals surface area contributed by atoms with Crippen LogP contribution in [0.4, 0.5) is 0 Å². The van der Waals surface area contributed by atoms with Crippen LogP contribution in [-0.2, 0) is 9.59 Å². The van der Waals surface area contributed by atoms with Crippen molar-refractivity contribution in [3.63, 3.8) is 0 Å². The Kier molecular flexibility index (Phi) is 5.97. The molecule has 0 saturated carbocycles. The van der Waals surface area contributed by atoms with E-state index in [4.69, 9.17) is 0 Å². The van der Waals surface area contributed by atoms with Crippen molar-refractivity contribution in [2.75, 3.05) is 32.7 Å². The molecule has 0 aliphatic carbocycles. The van der Waals surface area contributed by atoms with Gasteiger partial charge in [-0.3, -0.25) is 14.5 Å². The van der Waals surface area contributed by atoms with Gasteiger partial charge in [0.25, 0.3) is 0 Å². The van der Waals surface area contributed by atoms with Crippen molar-refractivity contribution < 1.29 is 9.59 Å². The second-order valence-corrected chi connectivity index (χ2v) is 4.40. The Morgan fingerprint density at radius 3 is 2.24 bits per heavy atom. The first-order chi connectivity index (χ1) is 8.17. The first-order valence-corrected chi connectivity index (χ1v) is 6.44. The molecule has 2 N–H and O–H groups in total. The molecule has 0 atom stereocenters. The van der Waals surface area contributed by atoms with Crippen molar-refractivity contribution in [2.24, 2.45) is 5.92 Å². The average molecular weight is 241 g/mol. The van der Waals surface area contributed by atoms with Crippen molar-refractivity contribution in [1.82, 2.24) is 15.5 Å². The third-order valence-corrected chi connectivity index (χ3v) is 3.05. The first kappa shape index (κ1) is 14.0. The van der Waals surface area contributed by atoms with Gasteiger partial charge in [0, 0.05) is 19.0 Å². The Morgan fingerprint density at radius 2 is 1.71 bits per heavy atom. The summed E-state index contributed by atoms with van der Waals surface area (Å²) >= 11 is 0. The first-order valence-electron chi connectivity index (χ1n) is 6.44. The van der Waals surface area contributed by atoms with E-state index < -0.39 is 0 Å². The fourth-order valence-corrected chi connectivity index (χ4v) is 2.13. The molecule has 0 spiro atoms. The molecule has 0 radical (unpaired) electrons. The Balaban J connectivity index is 2.26. The molecule has 0 aromatic heterocycles. The number of hydrogen-bond acceptors (Lipinski definition) is 3. The number of piperidine rings is 1. The Labute approximate surface area is 103 Å². The van der Waals surface area contributed by atoms with E-state index in [1.54, 1.807) is 0 Å². The van der Waals surface area contributed by atoms with E-state index >= 15 is 0 Å². The summed E-state index contributed by atoms with van der Waals surface area (Å²) in [6.45, 7) is 7.33. The van der Waals surface area contributed by atoms with E-state index in [-0.39, 0.29) is 17.7 Å². The molecule has 5 nitrogen and oxygen atoms in total. The van der Waals surface area contributed by atoms with Crippen LogP contribution >= 0.6 is 0 Å². The summed E-state index contributed by atoms with van der Waals surface area (Å²) in [6.07, 6.45) is 1.70. The smallest absolute Gasteiger partial charge is 0.234 e. The maximum Gasteiger partial charge on any atom is 0.234 e. The monoisotopic (exact) mass is 241 g/mol. The van der Waals surface area contributed by atoms with Gasteiger partial charge in [0.05, 0.1) is 6.54 Å². The lowest BCUT2D eigenvalue weighted by Gasteiger charge is -2.30. The zero-order valence-corrected chi connectivity index (χ0v) is 10.8. The van der Waals surface area contributed by atoms with Crippen molar-refractivity contribution in [3.05, 3.63) is 0 Å². The molecular weight excluding hydrogens is 218 g/mol. The predicted molar refractivity (Wildman–Crippen MR) is 66.5 cm³/mol. The van der Waals surface area contributed by atoms with Crippen molar-refractivity contribution in [3.8, 4) is 0 Å². The van der Waals surface area contributed by atoms with Gasteiger partial charge in [0.1, 0.15) is 0 Å². The zero-order valence-electron chi connectivity index (χ0n) is 10.8. The summed E-state index contributed by atoms with van der Waals surface area (Å²) < 4.78 is 0. The maximum absolute atomic E-state index is 11.6. The molecule has 1 rings (SSSR count). The van der Waals surface area contributed by atoms with Crippen LogP contribution in [0.2, 0.25) is 0 Å². The summed E-state index contributed by atoms with van der Waals surface area (Å²) in [5.74, 6) is 0.356. The highest BCUT2D eigenvalue weighted by atomic mass is 16.2. The van der Waals surface area contributed by atoms with Gasteiger partial charge in [-0.2, -0.15) is 0 Å². The van der Waals surface area contributed by atoms with E-state index in [9.17, 15) is 9.59 Å². The predicted octanol–water partition coefficient (Wildman–Crippen LogP) is -0.0294. The molecule has 2 amide bonds. The van der Waals surface area contributed by atoms with Crippen LogP contribution in [0.3, 0.4) is 0 Å². The zero-order chi connectivity index (χ0) is 12.7. The summed E-state index contributed by atoms with van der Waals surface area (Å²) in [4.78, 5) is 25.1. The molecule has 17 heavy (non-hydrogen) atoms. The van der Waals surface area contributed by atoms with E-state index in [1.807, 2.05) is 13.8 Å². The molecule has 0 aromatic carbocycles. The highest BCUT2D eigenvalue weighted by molar-refractivity contribution is 5.79. The quantitative estimate of drug-likeness (QED) is 0.710. The highest BCUT2D eigenvalue weighted by Crippen LogP contribution is 2.16. The van der Waals surface area contributed by atoms with Crippen molar-refractivity contribution >= 4 is 11.8 Å². The minimum absolute atomic E-state index is 0.0731. The van der Waals surface area contributed by atoms with Crippen LogP contribution in [0, 0.1) is 5.92 Å². The van der Waals surface area contributed by atoms with Crippen LogP contribution in [-0.4, -0.2) is 49.4 Å². The standard InChI is InChI=1S/C12H23N3O2/c1-3-13-11(16)9-15-7-5-10(6-8-15)12(17)14-4-2/h10H,3-9H2,1-2H3,(H,13,16)(H,14,17). The molecular formula is C12H23N3O2.